The largest absolute Gasteiger partial charge is 0.489 e. The Hall–Kier alpha value is -2.04. The first-order valence-electron chi connectivity index (χ1n) is 8.15. The first-order chi connectivity index (χ1) is 11.3. The smallest absolute Gasteiger partial charge is 0.224 e. The molecule has 1 amide bonds. The zero-order chi connectivity index (χ0) is 17.6. The normalized spacial score (nSPS) is 10.7. The number of aryl methyl sites for hydroxylation is 1. The topological polar surface area (TPSA) is 64.3 Å². The molecule has 0 atom stereocenters. The average molecular weight is 363 g/mol. The van der Waals surface area contributed by atoms with E-state index in [1.54, 1.807) is 0 Å². The lowest BCUT2D eigenvalue weighted by Gasteiger charge is -2.18. The van der Waals surface area contributed by atoms with Crippen LogP contribution in [-0.4, -0.2) is 18.0 Å². The summed E-state index contributed by atoms with van der Waals surface area (Å²) in [6.07, 6.45) is 0.317. The van der Waals surface area contributed by atoms with Crippen molar-refractivity contribution in [1.29, 1.82) is 0 Å². The molecule has 25 heavy (non-hydrogen) atoms. The maximum absolute atomic E-state index is 12.0. The van der Waals surface area contributed by atoms with Crippen LogP contribution < -0.4 is 15.8 Å². The van der Waals surface area contributed by atoms with Crippen LogP contribution in [0, 0.1) is 6.92 Å². The molecule has 0 aliphatic heterocycles. The molecule has 0 unspecified atom stereocenters. The Kier molecular flexibility index (Phi) is 7.94. The van der Waals surface area contributed by atoms with Crippen LogP contribution in [0.2, 0.25) is 0 Å². The van der Waals surface area contributed by atoms with Crippen LogP contribution in [0.5, 0.6) is 5.75 Å². The van der Waals surface area contributed by atoms with Crippen molar-refractivity contribution in [1.82, 2.24) is 5.32 Å². The van der Waals surface area contributed by atoms with Gasteiger partial charge in [0.05, 0.1) is 6.42 Å². The van der Waals surface area contributed by atoms with Gasteiger partial charge in [-0.1, -0.05) is 36.4 Å². The fourth-order valence-corrected chi connectivity index (χ4v) is 2.25. The molecular formula is C20H27ClN2O2. The number of nitrogens with one attached hydrogen (secondary N) is 1. The van der Waals surface area contributed by atoms with Crippen molar-refractivity contribution in [3.63, 3.8) is 0 Å². The molecule has 3 N–H and O–H groups in total. The first-order valence-corrected chi connectivity index (χ1v) is 8.15. The van der Waals surface area contributed by atoms with Gasteiger partial charge in [-0.05, 0) is 49.6 Å². The van der Waals surface area contributed by atoms with Crippen LogP contribution >= 0.6 is 12.4 Å². The lowest BCUT2D eigenvalue weighted by molar-refractivity contribution is -0.120. The summed E-state index contributed by atoms with van der Waals surface area (Å²) in [7, 11) is 0. The van der Waals surface area contributed by atoms with E-state index in [1.165, 1.54) is 5.56 Å². The Balaban J connectivity index is 0.00000312. The van der Waals surface area contributed by atoms with Crippen molar-refractivity contribution in [2.45, 2.75) is 39.3 Å². The Morgan fingerprint density at radius 1 is 1.16 bits per heavy atom. The van der Waals surface area contributed by atoms with Gasteiger partial charge in [0, 0.05) is 12.1 Å². The van der Waals surface area contributed by atoms with E-state index in [-0.39, 0.29) is 18.3 Å². The number of carbonyl (C=O) groups is 1. The van der Waals surface area contributed by atoms with E-state index in [0.29, 0.717) is 19.6 Å². The molecule has 0 radical (unpaired) electrons. The number of nitrogens with two attached hydrogens (primary N) is 1. The van der Waals surface area contributed by atoms with Crippen LogP contribution in [0.15, 0.2) is 48.5 Å². The van der Waals surface area contributed by atoms with Gasteiger partial charge in [-0.25, -0.2) is 0 Å². The average Bonchev–Trinajstić information content (AvgIpc) is 2.52. The summed E-state index contributed by atoms with van der Waals surface area (Å²) < 4.78 is 5.86. The van der Waals surface area contributed by atoms with Gasteiger partial charge in [-0.2, -0.15) is 0 Å². The van der Waals surface area contributed by atoms with Crippen molar-refractivity contribution in [2.24, 2.45) is 5.73 Å². The monoisotopic (exact) mass is 362 g/mol. The van der Waals surface area contributed by atoms with E-state index >= 15 is 0 Å². The number of hydrogen-bond donors (Lipinski definition) is 2. The highest BCUT2D eigenvalue weighted by atomic mass is 35.5. The highest BCUT2D eigenvalue weighted by Gasteiger charge is 2.12. The quantitative estimate of drug-likeness (QED) is 0.793. The summed E-state index contributed by atoms with van der Waals surface area (Å²) >= 11 is 0. The third-order valence-electron chi connectivity index (χ3n) is 3.66. The van der Waals surface area contributed by atoms with Crippen LogP contribution in [0.4, 0.5) is 0 Å². The molecule has 2 rings (SSSR count). The molecule has 4 nitrogen and oxygen atoms in total. The zero-order valence-electron chi connectivity index (χ0n) is 15.0. The lowest BCUT2D eigenvalue weighted by Crippen LogP contribution is -2.45. The highest BCUT2D eigenvalue weighted by molar-refractivity contribution is 5.85. The Morgan fingerprint density at radius 3 is 2.56 bits per heavy atom. The second-order valence-electron chi connectivity index (χ2n) is 6.80. The summed E-state index contributed by atoms with van der Waals surface area (Å²) in [4.78, 5) is 12.0. The van der Waals surface area contributed by atoms with Gasteiger partial charge < -0.3 is 15.8 Å². The number of halogens is 1. The number of rotatable bonds is 7. The van der Waals surface area contributed by atoms with Gasteiger partial charge in [0.15, 0.2) is 0 Å². The third-order valence-corrected chi connectivity index (χ3v) is 3.66. The van der Waals surface area contributed by atoms with Crippen LogP contribution in [-0.2, 0) is 17.8 Å². The molecule has 0 saturated heterocycles. The number of hydrogen-bond acceptors (Lipinski definition) is 3. The van der Waals surface area contributed by atoms with Crippen molar-refractivity contribution < 1.29 is 9.53 Å². The van der Waals surface area contributed by atoms with Gasteiger partial charge in [-0.3, -0.25) is 4.79 Å². The van der Waals surface area contributed by atoms with E-state index in [4.69, 9.17) is 10.5 Å². The minimum Gasteiger partial charge on any atom is -0.489 e. The maximum Gasteiger partial charge on any atom is 0.224 e. The third kappa shape index (κ3) is 7.59. The molecule has 0 aromatic heterocycles. The molecule has 0 fully saturated rings. The van der Waals surface area contributed by atoms with Crippen LogP contribution in [0.1, 0.15) is 30.5 Å². The summed E-state index contributed by atoms with van der Waals surface area (Å²) in [5, 5.41) is 2.85. The second-order valence-corrected chi connectivity index (χ2v) is 6.80. The van der Waals surface area contributed by atoms with E-state index in [0.717, 1.165) is 16.9 Å². The summed E-state index contributed by atoms with van der Waals surface area (Å²) in [6, 6.07) is 15.8. The van der Waals surface area contributed by atoms with Gasteiger partial charge >= 0.3 is 0 Å². The highest BCUT2D eigenvalue weighted by Crippen LogP contribution is 2.17. The Labute approximate surface area is 156 Å². The number of ether oxygens (including phenoxy) is 1. The summed E-state index contributed by atoms with van der Waals surface area (Å²) in [5.41, 5.74) is 8.75. The molecule has 0 bridgehead atoms. The Bertz CT molecular complexity index is 696. The fourth-order valence-electron chi connectivity index (χ4n) is 2.25. The van der Waals surface area contributed by atoms with E-state index < -0.39 is 5.54 Å². The molecule has 2 aromatic carbocycles. The minimum absolute atomic E-state index is 0. The van der Waals surface area contributed by atoms with Gasteiger partial charge in [0.2, 0.25) is 5.91 Å². The molecule has 0 saturated carbocycles. The van der Waals surface area contributed by atoms with Crippen molar-refractivity contribution >= 4 is 18.3 Å². The molecule has 5 heteroatoms. The molecular weight excluding hydrogens is 336 g/mol. The van der Waals surface area contributed by atoms with E-state index in [9.17, 15) is 4.79 Å². The van der Waals surface area contributed by atoms with Gasteiger partial charge in [0.25, 0.3) is 0 Å². The number of amides is 1. The second kappa shape index (κ2) is 9.44. The standard InChI is InChI=1S/C20H26N2O2.ClH/c1-15-7-4-5-9-17(15)13-24-18-10-6-8-16(11-18)12-19(23)22-14-20(2,3)21;/h4-11H,12-14,21H2,1-3H3,(H,22,23);1H. The first kappa shape index (κ1) is 21.0. The summed E-state index contributed by atoms with van der Waals surface area (Å²) in [5.74, 6) is 0.729. The Morgan fingerprint density at radius 2 is 1.88 bits per heavy atom. The number of carbonyl (C=O) groups excluding carboxylic acids is 1. The van der Waals surface area contributed by atoms with Crippen molar-refractivity contribution in [2.75, 3.05) is 6.54 Å². The molecule has 136 valence electrons. The SMILES string of the molecule is Cc1ccccc1COc1cccc(CC(=O)NCC(C)(C)N)c1.Cl. The molecule has 0 aliphatic rings. The van der Waals surface area contributed by atoms with Crippen molar-refractivity contribution in [3.8, 4) is 5.75 Å². The maximum atomic E-state index is 12.0. The predicted molar refractivity (Wildman–Crippen MR) is 104 cm³/mol. The van der Waals surface area contributed by atoms with Crippen LogP contribution in [0.25, 0.3) is 0 Å². The molecule has 2 aromatic rings. The van der Waals surface area contributed by atoms with E-state index in [1.807, 2.05) is 50.2 Å². The predicted octanol–water partition coefficient (Wildman–Crippen LogP) is 3.39. The van der Waals surface area contributed by atoms with Gasteiger partial charge in [-0.15, -0.1) is 12.4 Å². The van der Waals surface area contributed by atoms with Gasteiger partial charge in [0.1, 0.15) is 12.4 Å². The zero-order valence-corrected chi connectivity index (χ0v) is 15.9. The fraction of sp³-hybridized carbons (Fsp3) is 0.350. The minimum atomic E-state index is -0.409. The number of benzene rings is 2. The van der Waals surface area contributed by atoms with E-state index in [2.05, 4.69) is 24.4 Å². The molecule has 0 heterocycles. The molecule has 0 aliphatic carbocycles. The lowest BCUT2D eigenvalue weighted by atomic mass is 10.1. The summed E-state index contributed by atoms with van der Waals surface area (Å²) in [6.45, 7) is 6.80. The van der Waals surface area contributed by atoms with Crippen LogP contribution in [0.3, 0.4) is 0 Å². The molecule has 0 spiro atoms. The van der Waals surface area contributed by atoms with Crippen molar-refractivity contribution in [3.05, 3.63) is 65.2 Å².